The fourth-order valence-electron chi connectivity index (χ4n) is 0. The molecule has 0 spiro atoms. The molecule has 0 aromatic carbocycles. The first-order chi connectivity index (χ1) is 1.73. The summed E-state index contributed by atoms with van der Waals surface area (Å²) in [4.78, 5) is 0. The molecular formula is CH6CaS3. The third kappa shape index (κ3) is 22.0. The summed E-state index contributed by atoms with van der Waals surface area (Å²) in [6.45, 7) is 0. The normalized spacial score (nSPS) is 7.20. The van der Waals surface area contributed by atoms with Gasteiger partial charge in [-0.1, -0.05) is 0 Å². The van der Waals surface area contributed by atoms with Gasteiger partial charge in [0, 0.05) is 0 Å². The fraction of sp³-hybridized carbons (Fsp3) is 1.00. The van der Waals surface area contributed by atoms with Crippen molar-refractivity contribution in [1.82, 2.24) is 0 Å². The van der Waals surface area contributed by atoms with Crippen molar-refractivity contribution in [2.45, 2.75) is 3.91 Å². The molecule has 0 atom stereocenters. The Morgan fingerprint density at radius 1 is 1.20 bits per heavy atom. The first-order valence-electron chi connectivity index (χ1n) is 0.775. The Bertz CT molecular complexity index is 17.7. The molecule has 0 aromatic rings. The van der Waals surface area contributed by atoms with Crippen LogP contribution in [0.4, 0.5) is 0 Å². The standard InChI is InChI=1S/CH4S3.Ca.2H/c2-1(3)4;;;/h1-4H;;;/q;+2;2*-1. The Labute approximate surface area is 81.3 Å². The Morgan fingerprint density at radius 3 is 1.20 bits per heavy atom. The number of thiol groups is 3. The van der Waals surface area contributed by atoms with Gasteiger partial charge in [-0.05, 0) is 0 Å². The van der Waals surface area contributed by atoms with Gasteiger partial charge in [0.05, 0.1) is 3.91 Å². The summed E-state index contributed by atoms with van der Waals surface area (Å²) >= 11 is 11.1. The monoisotopic (exact) mass is 154 g/mol. The molecule has 0 rings (SSSR count). The second-order valence-electron chi connectivity index (χ2n) is 0.346. The van der Waals surface area contributed by atoms with Crippen LogP contribution in [0.25, 0.3) is 0 Å². The average molecular weight is 154 g/mol. The fourth-order valence-corrected chi connectivity index (χ4v) is 0. The molecule has 4 heteroatoms. The van der Waals surface area contributed by atoms with Crippen LogP contribution >= 0.6 is 37.9 Å². The largest absolute Gasteiger partial charge is 2.00 e. The smallest absolute Gasteiger partial charge is 1.00 e. The van der Waals surface area contributed by atoms with Crippen LogP contribution < -0.4 is 0 Å². The summed E-state index contributed by atoms with van der Waals surface area (Å²) in [6, 6.07) is 0. The average Bonchev–Trinajstić information content (AvgIpc) is 0.811. The second-order valence-corrected chi connectivity index (χ2v) is 3.12. The SMILES string of the molecule is SC(S)S.[Ca+2].[H-].[H-]. The molecular weight excluding hydrogens is 148 g/mol. The first-order valence-corrected chi connectivity index (χ1v) is 2.32. The molecule has 0 N–H and O–H groups in total. The van der Waals surface area contributed by atoms with Gasteiger partial charge < -0.3 is 2.85 Å². The van der Waals surface area contributed by atoms with Crippen molar-refractivity contribution in [3.63, 3.8) is 0 Å². The van der Waals surface area contributed by atoms with Crippen LogP contribution in [0.2, 0.25) is 0 Å². The minimum Gasteiger partial charge on any atom is -1.00 e. The first kappa shape index (κ1) is 10.3. The van der Waals surface area contributed by atoms with Crippen LogP contribution in [-0.4, -0.2) is 41.7 Å². The molecule has 0 fully saturated rings. The van der Waals surface area contributed by atoms with Gasteiger partial charge >= 0.3 is 37.7 Å². The van der Waals surface area contributed by atoms with Gasteiger partial charge in [-0.15, -0.1) is 0 Å². The van der Waals surface area contributed by atoms with Crippen molar-refractivity contribution in [1.29, 1.82) is 0 Å². The van der Waals surface area contributed by atoms with Crippen LogP contribution in [0.1, 0.15) is 2.85 Å². The van der Waals surface area contributed by atoms with Crippen molar-refractivity contribution in [2.24, 2.45) is 0 Å². The quantitative estimate of drug-likeness (QED) is 0.258. The van der Waals surface area contributed by atoms with E-state index in [0.29, 0.717) is 0 Å². The van der Waals surface area contributed by atoms with Crippen molar-refractivity contribution >= 4 is 75.6 Å². The predicted octanol–water partition coefficient (Wildman–Crippen LogP) is 0.904. The maximum atomic E-state index is 3.69. The zero-order valence-electron chi connectivity index (χ0n) is 4.63. The van der Waals surface area contributed by atoms with Crippen molar-refractivity contribution < 1.29 is 2.85 Å². The minimum atomic E-state index is -0.0833. The summed E-state index contributed by atoms with van der Waals surface area (Å²) in [5.41, 5.74) is 0. The van der Waals surface area contributed by atoms with E-state index in [0.717, 1.165) is 0 Å². The minimum absolute atomic E-state index is 0. The summed E-state index contributed by atoms with van der Waals surface area (Å²) in [6.07, 6.45) is 0. The van der Waals surface area contributed by atoms with E-state index in [1.165, 1.54) is 0 Å². The van der Waals surface area contributed by atoms with Gasteiger partial charge in [0.15, 0.2) is 0 Å². The maximum absolute atomic E-state index is 3.69. The molecule has 0 unspecified atom stereocenters. The second kappa shape index (κ2) is 6.31. The number of rotatable bonds is 0. The molecule has 0 saturated carbocycles. The summed E-state index contributed by atoms with van der Waals surface area (Å²) in [7, 11) is 0. The molecule has 0 saturated heterocycles. The zero-order chi connectivity index (χ0) is 3.58. The van der Waals surface area contributed by atoms with Gasteiger partial charge in [0.2, 0.25) is 0 Å². The summed E-state index contributed by atoms with van der Waals surface area (Å²) < 4.78 is -0.0833. The Hall–Kier alpha value is 2.31. The zero-order valence-corrected chi connectivity index (χ0v) is 7.52. The molecule has 0 aliphatic rings. The van der Waals surface area contributed by atoms with Crippen molar-refractivity contribution in [3.05, 3.63) is 0 Å². The van der Waals surface area contributed by atoms with E-state index < -0.39 is 0 Å². The van der Waals surface area contributed by atoms with E-state index in [-0.39, 0.29) is 44.5 Å². The molecule has 5 heavy (non-hydrogen) atoms. The van der Waals surface area contributed by atoms with Crippen molar-refractivity contribution in [2.75, 3.05) is 0 Å². The van der Waals surface area contributed by atoms with E-state index in [1.54, 1.807) is 0 Å². The van der Waals surface area contributed by atoms with Crippen LogP contribution in [0.3, 0.4) is 0 Å². The maximum Gasteiger partial charge on any atom is 2.00 e. The molecule has 0 nitrogen and oxygen atoms in total. The molecule has 0 heterocycles. The summed E-state index contributed by atoms with van der Waals surface area (Å²) in [5, 5.41) is 0. The predicted molar refractivity (Wildman–Crippen MR) is 38.7 cm³/mol. The Balaban J connectivity index is -0.0000000150. The topological polar surface area (TPSA) is 0 Å². The van der Waals surface area contributed by atoms with Gasteiger partial charge in [0.1, 0.15) is 0 Å². The van der Waals surface area contributed by atoms with E-state index in [9.17, 15) is 0 Å². The molecule has 0 bridgehead atoms. The van der Waals surface area contributed by atoms with Crippen LogP contribution in [-0.2, 0) is 0 Å². The Kier molecular flexibility index (Phi) is 13.0. The summed E-state index contributed by atoms with van der Waals surface area (Å²) in [5.74, 6) is 0. The molecule has 0 aliphatic heterocycles. The molecule has 30 valence electrons. The third-order valence-corrected chi connectivity index (χ3v) is 0. The third-order valence-electron chi connectivity index (χ3n) is 0. The van der Waals surface area contributed by atoms with E-state index >= 15 is 0 Å². The molecule has 0 amide bonds. The van der Waals surface area contributed by atoms with Gasteiger partial charge in [-0.3, -0.25) is 0 Å². The van der Waals surface area contributed by atoms with E-state index in [1.807, 2.05) is 0 Å². The van der Waals surface area contributed by atoms with Gasteiger partial charge in [-0.25, -0.2) is 0 Å². The number of hydrogen-bond donors (Lipinski definition) is 3. The van der Waals surface area contributed by atoms with Crippen LogP contribution in [0, 0.1) is 0 Å². The van der Waals surface area contributed by atoms with Gasteiger partial charge in [0.25, 0.3) is 0 Å². The van der Waals surface area contributed by atoms with Crippen molar-refractivity contribution in [3.8, 4) is 0 Å². The molecule has 0 radical (unpaired) electrons. The van der Waals surface area contributed by atoms with Crippen LogP contribution in [0.5, 0.6) is 0 Å². The van der Waals surface area contributed by atoms with Crippen LogP contribution in [0.15, 0.2) is 0 Å². The molecule has 0 aliphatic carbocycles. The van der Waals surface area contributed by atoms with E-state index in [2.05, 4.69) is 37.9 Å². The number of hydrogen-bond acceptors (Lipinski definition) is 3. The van der Waals surface area contributed by atoms with Gasteiger partial charge in [-0.2, -0.15) is 37.9 Å². The molecule has 0 aromatic heterocycles. The van der Waals surface area contributed by atoms with E-state index in [4.69, 9.17) is 0 Å². The Morgan fingerprint density at radius 2 is 1.20 bits per heavy atom.